The molecule has 0 bridgehead atoms. The van der Waals surface area contributed by atoms with E-state index in [9.17, 15) is 5.11 Å². The lowest BCUT2D eigenvalue weighted by Crippen LogP contribution is -2.59. The van der Waals surface area contributed by atoms with E-state index in [1.165, 1.54) is 44.3 Å². The van der Waals surface area contributed by atoms with E-state index in [1.807, 2.05) is 11.8 Å². The van der Waals surface area contributed by atoms with Crippen molar-refractivity contribution in [3.63, 3.8) is 0 Å². The highest BCUT2D eigenvalue weighted by Gasteiger charge is 2.41. The van der Waals surface area contributed by atoms with Crippen LogP contribution in [-0.2, 0) is 0 Å². The molecule has 0 aromatic heterocycles. The van der Waals surface area contributed by atoms with E-state index in [-0.39, 0.29) is 5.54 Å². The largest absolute Gasteiger partial charge is 0.394 e. The first-order chi connectivity index (χ1) is 8.55. The molecule has 2 rings (SSSR count). The van der Waals surface area contributed by atoms with Crippen molar-refractivity contribution in [3.8, 4) is 0 Å². The molecule has 0 aromatic rings. The van der Waals surface area contributed by atoms with Crippen LogP contribution >= 0.6 is 11.8 Å². The van der Waals surface area contributed by atoms with Crippen LogP contribution < -0.4 is 5.32 Å². The average molecular weight is 271 g/mol. The molecule has 2 aliphatic rings. The lowest BCUT2D eigenvalue weighted by atomic mass is 9.79. The summed E-state index contributed by atoms with van der Waals surface area (Å²) in [5, 5.41) is 13.7. The Morgan fingerprint density at radius 3 is 2.33 bits per heavy atom. The van der Waals surface area contributed by atoms with E-state index < -0.39 is 0 Å². The molecule has 2 N–H and O–H groups in total. The Labute approximate surface area is 116 Å². The highest BCUT2D eigenvalue weighted by atomic mass is 32.2. The lowest BCUT2D eigenvalue weighted by molar-refractivity contribution is 0.113. The molecule has 1 aliphatic carbocycles. The standard InChI is InChI=1S/C15H29NOS/c1-14(2)9-15(10-17,12-18-11-14)16-13-7-5-3-4-6-8-13/h13,16-17H,3-12H2,1-2H3. The number of aliphatic hydroxyl groups is 1. The Balaban J connectivity index is 1.98. The minimum atomic E-state index is -0.0264. The number of thioether (sulfide) groups is 1. The van der Waals surface area contributed by atoms with Gasteiger partial charge in [0.1, 0.15) is 0 Å². The van der Waals surface area contributed by atoms with Gasteiger partial charge >= 0.3 is 0 Å². The SMILES string of the molecule is CC1(C)CSCC(CO)(NC2CCCCCC2)C1. The summed E-state index contributed by atoms with van der Waals surface area (Å²) in [6, 6.07) is 0.633. The molecule has 1 unspecified atom stereocenters. The average Bonchev–Trinajstić information content (AvgIpc) is 2.56. The van der Waals surface area contributed by atoms with Crippen molar-refractivity contribution in [3.05, 3.63) is 0 Å². The van der Waals surface area contributed by atoms with Gasteiger partial charge in [-0.15, -0.1) is 0 Å². The fraction of sp³-hybridized carbons (Fsp3) is 1.00. The summed E-state index contributed by atoms with van der Waals surface area (Å²) in [7, 11) is 0. The van der Waals surface area contributed by atoms with Crippen LogP contribution in [0.2, 0.25) is 0 Å². The van der Waals surface area contributed by atoms with Crippen LogP contribution in [-0.4, -0.2) is 34.8 Å². The second kappa shape index (κ2) is 6.15. The van der Waals surface area contributed by atoms with Crippen LogP contribution in [0.4, 0.5) is 0 Å². The van der Waals surface area contributed by atoms with Crippen LogP contribution in [0.3, 0.4) is 0 Å². The van der Waals surface area contributed by atoms with Gasteiger partial charge < -0.3 is 10.4 Å². The van der Waals surface area contributed by atoms with Gasteiger partial charge in [-0.05, 0) is 30.4 Å². The fourth-order valence-electron chi connectivity index (χ4n) is 3.64. The van der Waals surface area contributed by atoms with E-state index in [1.54, 1.807) is 0 Å². The maximum Gasteiger partial charge on any atom is 0.0621 e. The molecule has 1 heterocycles. The summed E-state index contributed by atoms with van der Waals surface area (Å²) in [6.07, 6.45) is 9.21. The Bertz CT molecular complexity index is 261. The monoisotopic (exact) mass is 271 g/mol. The van der Waals surface area contributed by atoms with Crippen LogP contribution in [0.5, 0.6) is 0 Å². The van der Waals surface area contributed by atoms with Gasteiger partial charge in [0.15, 0.2) is 0 Å². The molecule has 2 fully saturated rings. The molecule has 18 heavy (non-hydrogen) atoms. The third-order valence-corrected chi connectivity index (χ3v) is 6.10. The Morgan fingerprint density at radius 2 is 1.78 bits per heavy atom. The molecule has 0 aromatic carbocycles. The number of rotatable bonds is 3. The van der Waals surface area contributed by atoms with Gasteiger partial charge in [0.25, 0.3) is 0 Å². The minimum Gasteiger partial charge on any atom is -0.394 e. The van der Waals surface area contributed by atoms with Gasteiger partial charge in [0, 0.05) is 11.8 Å². The Hall–Kier alpha value is 0.270. The number of nitrogens with one attached hydrogen (secondary N) is 1. The number of aliphatic hydroxyl groups excluding tert-OH is 1. The zero-order chi connectivity index (χ0) is 13.1. The molecule has 2 nitrogen and oxygen atoms in total. The van der Waals surface area contributed by atoms with E-state index >= 15 is 0 Å². The molecule has 1 aliphatic heterocycles. The molecule has 0 amide bonds. The molecule has 1 atom stereocenters. The van der Waals surface area contributed by atoms with Gasteiger partial charge in [0.2, 0.25) is 0 Å². The third-order valence-electron chi connectivity index (χ3n) is 4.36. The van der Waals surface area contributed by atoms with Crippen molar-refractivity contribution in [1.29, 1.82) is 0 Å². The van der Waals surface area contributed by atoms with Gasteiger partial charge in [-0.25, -0.2) is 0 Å². The first kappa shape index (κ1) is 14.7. The summed E-state index contributed by atoms with van der Waals surface area (Å²) in [6.45, 7) is 4.95. The van der Waals surface area contributed by atoms with Crippen molar-refractivity contribution in [2.45, 2.75) is 70.4 Å². The first-order valence-electron chi connectivity index (χ1n) is 7.52. The predicted molar refractivity (Wildman–Crippen MR) is 80.2 cm³/mol. The van der Waals surface area contributed by atoms with Crippen LogP contribution in [0, 0.1) is 5.41 Å². The molecule has 106 valence electrons. The van der Waals surface area contributed by atoms with Crippen molar-refractivity contribution in [2.75, 3.05) is 18.1 Å². The summed E-state index contributed by atoms with van der Waals surface area (Å²) in [5.41, 5.74) is 0.324. The van der Waals surface area contributed by atoms with Gasteiger partial charge in [-0.2, -0.15) is 11.8 Å². The van der Waals surface area contributed by atoms with Crippen molar-refractivity contribution < 1.29 is 5.11 Å². The molecule has 1 saturated heterocycles. The summed E-state index contributed by atoms with van der Waals surface area (Å²) >= 11 is 2.00. The fourth-order valence-corrected chi connectivity index (χ4v) is 5.06. The maximum atomic E-state index is 9.90. The third kappa shape index (κ3) is 3.88. The van der Waals surface area contributed by atoms with Gasteiger partial charge in [-0.3, -0.25) is 0 Å². The summed E-state index contributed by atoms with van der Waals surface area (Å²) in [4.78, 5) is 0. The Morgan fingerprint density at radius 1 is 1.11 bits per heavy atom. The van der Waals surface area contributed by atoms with Crippen LogP contribution in [0.15, 0.2) is 0 Å². The van der Waals surface area contributed by atoms with Crippen molar-refractivity contribution >= 4 is 11.8 Å². The Kier molecular flexibility index (Phi) is 5.01. The normalized spacial score (nSPS) is 34.2. The van der Waals surface area contributed by atoms with E-state index in [0.29, 0.717) is 18.1 Å². The summed E-state index contributed by atoms with van der Waals surface area (Å²) < 4.78 is 0. The predicted octanol–water partition coefficient (Wildman–Crippen LogP) is 3.19. The highest BCUT2D eigenvalue weighted by molar-refractivity contribution is 7.99. The molecule has 0 spiro atoms. The van der Waals surface area contributed by atoms with Crippen molar-refractivity contribution in [1.82, 2.24) is 5.32 Å². The highest BCUT2D eigenvalue weighted by Crippen LogP contribution is 2.39. The zero-order valence-electron chi connectivity index (χ0n) is 12.0. The van der Waals surface area contributed by atoms with Crippen molar-refractivity contribution in [2.24, 2.45) is 5.41 Å². The van der Waals surface area contributed by atoms with E-state index in [4.69, 9.17) is 0 Å². The van der Waals surface area contributed by atoms with Gasteiger partial charge in [-0.1, -0.05) is 39.5 Å². The van der Waals surface area contributed by atoms with Gasteiger partial charge in [0.05, 0.1) is 12.1 Å². The van der Waals surface area contributed by atoms with E-state index in [2.05, 4.69) is 19.2 Å². The van der Waals surface area contributed by atoms with E-state index in [0.717, 1.165) is 12.2 Å². The lowest BCUT2D eigenvalue weighted by Gasteiger charge is -2.46. The van der Waals surface area contributed by atoms with Crippen LogP contribution in [0.1, 0.15) is 58.8 Å². The quantitative estimate of drug-likeness (QED) is 0.773. The number of hydrogen-bond donors (Lipinski definition) is 2. The summed E-state index contributed by atoms with van der Waals surface area (Å²) in [5.74, 6) is 2.30. The second-order valence-electron chi connectivity index (χ2n) is 7.11. The first-order valence-corrected chi connectivity index (χ1v) is 8.67. The smallest absolute Gasteiger partial charge is 0.0621 e. The molecule has 1 saturated carbocycles. The maximum absolute atomic E-state index is 9.90. The molecule has 3 heteroatoms. The zero-order valence-corrected chi connectivity index (χ0v) is 12.8. The topological polar surface area (TPSA) is 32.3 Å². The molecular formula is C15H29NOS. The minimum absolute atomic E-state index is 0.0264. The molecule has 0 radical (unpaired) electrons. The molecular weight excluding hydrogens is 242 g/mol. The number of hydrogen-bond acceptors (Lipinski definition) is 3. The van der Waals surface area contributed by atoms with Crippen LogP contribution in [0.25, 0.3) is 0 Å². The second-order valence-corrected chi connectivity index (χ2v) is 8.09.